The zero-order valence-electron chi connectivity index (χ0n) is 31.8. The van der Waals surface area contributed by atoms with E-state index in [1.54, 1.807) is 7.11 Å². The SMILES string of the molecule is C=C(C)CC[C@@H](C[C@@H](C[C@H](CC[C@@H](C)[C@H](OCc1ccc(OC)cc1)[C@H](C)CO[Si](C)(C)C(C)(C)C)OC(C)=O)OC(C)=O)OC(C)=O. The lowest BCUT2D eigenvalue weighted by Gasteiger charge is -2.38. The summed E-state index contributed by atoms with van der Waals surface area (Å²) in [5.74, 6) is -0.267. The highest BCUT2D eigenvalue weighted by Crippen LogP contribution is 2.37. The van der Waals surface area contributed by atoms with Crippen LogP contribution in [-0.2, 0) is 44.4 Å². The fourth-order valence-corrected chi connectivity index (χ4v) is 6.52. The molecule has 0 bridgehead atoms. The van der Waals surface area contributed by atoms with Gasteiger partial charge in [0.1, 0.15) is 24.1 Å². The van der Waals surface area contributed by atoms with Crippen LogP contribution in [-0.4, -0.2) is 64.4 Å². The Labute approximate surface area is 291 Å². The van der Waals surface area contributed by atoms with Gasteiger partial charge in [-0.2, -0.15) is 0 Å². The van der Waals surface area contributed by atoms with Crippen molar-refractivity contribution in [2.24, 2.45) is 11.8 Å². The van der Waals surface area contributed by atoms with E-state index in [0.717, 1.165) is 16.9 Å². The molecule has 0 radical (unpaired) electrons. The van der Waals surface area contributed by atoms with Crippen LogP contribution in [0.5, 0.6) is 5.75 Å². The lowest BCUT2D eigenvalue weighted by atomic mass is 9.88. The maximum Gasteiger partial charge on any atom is 0.302 e. The molecule has 0 spiro atoms. The van der Waals surface area contributed by atoms with Crippen LogP contribution in [0.2, 0.25) is 18.1 Å². The van der Waals surface area contributed by atoms with Gasteiger partial charge in [0.15, 0.2) is 8.32 Å². The summed E-state index contributed by atoms with van der Waals surface area (Å²) in [7, 11) is -0.328. The molecule has 0 N–H and O–H groups in total. The molecular formula is C38H64O9Si. The lowest BCUT2D eigenvalue weighted by molar-refractivity contribution is -0.156. The van der Waals surface area contributed by atoms with Crippen molar-refractivity contribution >= 4 is 26.2 Å². The summed E-state index contributed by atoms with van der Waals surface area (Å²) in [6, 6.07) is 7.86. The van der Waals surface area contributed by atoms with Gasteiger partial charge in [0.2, 0.25) is 0 Å². The van der Waals surface area contributed by atoms with Gasteiger partial charge in [0, 0.05) is 46.1 Å². The van der Waals surface area contributed by atoms with Crippen molar-refractivity contribution in [3.05, 3.63) is 42.0 Å². The number of hydrogen-bond acceptors (Lipinski definition) is 9. The highest BCUT2D eigenvalue weighted by atomic mass is 28.4. The third-order valence-electron chi connectivity index (χ3n) is 9.12. The number of rotatable bonds is 22. The summed E-state index contributed by atoms with van der Waals surface area (Å²) in [5, 5.41) is 0.0898. The fraction of sp³-hybridized carbons (Fsp3) is 0.711. The third kappa shape index (κ3) is 17.1. The van der Waals surface area contributed by atoms with Crippen LogP contribution >= 0.6 is 0 Å². The van der Waals surface area contributed by atoms with E-state index in [2.05, 4.69) is 54.3 Å². The summed E-state index contributed by atoms with van der Waals surface area (Å²) in [6.07, 6.45) is 1.37. The molecule has 0 fully saturated rings. The first kappa shape index (κ1) is 43.3. The molecular weight excluding hydrogens is 628 g/mol. The minimum Gasteiger partial charge on any atom is -0.497 e. The number of carbonyl (C=O) groups is 3. The highest BCUT2D eigenvalue weighted by Gasteiger charge is 2.38. The second-order valence-electron chi connectivity index (χ2n) is 14.9. The minimum atomic E-state index is -1.97. The molecule has 0 aliphatic heterocycles. The molecule has 0 aliphatic rings. The first-order chi connectivity index (χ1) is 22.2. The smallest absolute Gasteiger partial charge is 0.302 e. The number of carbonyl (C=O) groups excluding carboxylic acids is 3. The second-order valence-corrected chi connectivity index (χ2v) is 19.7. The average Bonchev–Trinajstić information content (AvgIpc) is 2.96. The lowest BCUT2D eigenvalue weighted by Crippen LogP contribution is -2.43. The van der Waals surface area contributed by atoms with E-state index >= 15 is 0 Å². The van der Waals surface area contributed by atoms with Gasteiger partial charge < -0.3 is 28.1 Å². The van der Waals surface area contributed by atoms with Crippen molar-refractivity contribution in [3.8, 4) is 5.75 Å². The number of hydrogen-bond donors (Lipinski definition) is 0. The normalized spacial score (nSPS) is 15.8. The van der Waals surface area contributed by atoms with Gasteiger partial charge in [0.05, 0.1) is 19.8 Å². The van der Waals surface area contributed by atoms with E-state index < -0.39 is 44.5 Å². The summed E-state index contributed by atoms with van der Waals surface area (Å²) < 4.78 is 35.6. The number of benzene rings is 1. The van der Waals surface area contributed by atoms with Crippen molar-refractivity contribution in [3.63, 3.8) is 0 Å². The van der Waals surface area contributed by atoms with Gasteiger partial charge in [0.25, 0.3) is 0 Å². The minimum absolute atomic E-state index is 0.0898. The van der Waals surface area contributed by atoms with Crippen LogP contribution in [0.25, 0.3) is 0 Å². The third-order valence-corrected chi connectivity index (χ3v) is 13.6. The van der Waals surface area contributed by atoms with Gasteiger partial charge in [-0.05, 0) is 74.4 Å². The Bertz CT molecular complexity index is 1140. The van der Waals surface area contributed by atoms with Gasteiger partial charge in [-0.25, -0.2) is 0 Å². The first-order valence-electron chi connectivity index (χ1n) is 17.3. The molecule has 0 unspecified atom stereocenters. The molecule has 0 amide bonds. The molecule has 48 heavy (non-hydrogen) atoms. The van der Waals surface area contributed by atoms with Gasteiger partial charge in [-0.15, -0.1) is 6.58 Å². The first-order valence-corrected chi connectivity index (χ1v) is 20.2. The van der Waals surface area contributed by atoms with Gasteiger partial charge >= 0.3 is 17.9 Å². The molecule has 0 saturated carbocycles. The Kier molecular flexibility index (Phi) is 18.7. The molecule has 6 atom stereocenters. The van der Waals surface area contributed by atoms with E-state index in [1.165, 1.54) is 20.8 Å². The monoisotopic (exact) mass is 692 g/mol. The number of ether oxygens (including phenoxy) is 5. The largest absolute Gasteiger partial charge is 0.497 e. The van der Waals surface area contributed by atoms with Gasteiger partial charge in [-0.1, -0.05) is 52.3 Å². The zero-order chi connectivity index (χ0) is 36.7. The maximum atomic E-state index is 12.2. The quantitative estimate of drug-likeness (QED) is 0.0511. The van der Waals surface area contributed by atoms with Crippen LogP contribution in [0.15, 0.2) is 36.4 Å². The Hall–Kier alpha value is -2.69. The second kappa shape index (κ2) is 20.7. The topological polar surface area (TPSA) is 107 Å². The molecule has 0 heterocycles. The van der Waals surface area contributed by atoms with Crippen LogP contribution in [0.4, 0.5) is 0 Å². The molecule has 1 aromatic rings. The van der Waals surface area contributed by atoms with E-state index in [9.17, 15) is 14.4 Å². The average molecular weight is 693 g/mol. The van der Waals surface area contributed by atoms with Crippen molar-refractivity contribution in [2.75, 3.05) is 13.7 Å². The molecule has 10 heteroatoms. The summed E-state index contributed by atoms with van der Waals surface area (Å²) >= 11 is 0. The number of allylic oxidation sites excluding steroid dienone is 1. The van der Waals surface area contributed by atoms with Gasteiger partial charge in [-0.3, -0.25) is 14.4 Å². The Morgan fingerprint density at radius 3 is 1.73 bits per heavy atom. The number of esters is 3. The Morgan fingerprint density at radius 1 is 0.771 bits per heavy atom. The predicted octanol–water partition coefficient (Wildman–Crippen LogP) is 8.59. The molecule has 1 rings (SSSR count). The molecule has 0 aromatic heterocycles. The van der Waals surface area contributed by atoms with Crippen molar-refractivity contribution in [2.45, 2.75) is 150 Å². The zero-order valence-corrected chi connectivity index (χ0v) is 32.8. The Balaban J connectivity index is 3.16. The van der Waals surface area contributed by atoms with E-state index in [0.29, 0.717) is 45.3 Å². The summed E-state index contributed by atoms with van der Waals surface area (Å²) in [4.78, 5) is 36.1. The standard InChI is InChI=1S/C38H64O9Si/c1-26(2)14-18-34(45-29(5)39)22-36(47-31(7)41)23-35(46-30(6)40)19-15-27(3)37(28(4)24-44-48(12,13)38(8,9)10)43-25-32-16-20-33(42-11)21-17-32/h16-17,20-21,27-28,34-37H,1,14-15,18-19,22-25H2,2-13H3/t27-,28-,34+,35+,36+,37+/m1/s1. The van der Waals surface area contributed by atoms with Crippen LogP contribution in [0.3, 0.4) is 0 Å². The molecule has 0 aliphatic carbocycles. The van der Waals surface area contributed by atoms with Crippen LogP contribution in [0, 0.1) is 11.8 Å². The number of methoxy groups -OCH3 is 1. The summed E-state index contributed by atoms with van der Waals surface area (Å²) in [5.41, 5.74) is 2.01. The van der Waals surface area contributed by atoms with E-state index in [-0.39, 0.29) is 29.4 Å². The maximum absolute atomic E-state index is 12.2. The fourth-order valence-electron chi connectivity index (χ4n) is 5.41. The van der Waals surface area contributed by atoms with E-state index in [4.69, 9.17) is 28.1 Å². The van der Waals surface area contributed by atoms with Crippen molar-refractivity contribution in [1.82, 2.24) is 0 Å². The van der Waals surface area contributed by atoms with Crippen molar-refractivity contribution in [1.29, 1.82) is 0 Å². The molecule has 9 nitrogen and oxygen atoms in total. The highest BCUT2D eigenvalue weighted by molar-refractivity contribution is 6.74. The summed E-state index contributed by atoms with van der Waals surface area (Å²) in [6.45, 7) is 26.5. The molecule has 274 valence electrons. The van der Waals surface area contributed by atoms with Crippen molar-refractivity contribution < 1.29 is 42.5 Å². The molecule has 0 saturated heterocycles. The predicted molar refractivity (Wildman–Crippen MR) is 192 cm³/mol. The van der Waals surface area contributed by atoms with Crippen LogP contribution < -0.4 is 4.74 Å². The molecule has 1 aromatic carbocycles. The van der Waals surface area contributed by atoms with Crippen LogP contribution in [0.1, 0.15) is 106 Å². The van der Waals surface area contributed by atoms with E-state index in [1.807, 2.05) is 31.2 Å². The Morgan fingerprint density at radius 2 is 1.27 bits per heavy atom.